The van der Waals surface area contributed by atoms with Crippen molar-refractivity contribution in [2.45, 2.75) is 17.8 Å². The molecule has 2 aromatic carbocycles. The van der Waals surface area contributed by atoms with Crippen molar-refractivity contribution in [1.29, 1.82) is 0 Å². The smallest absolute Gasteiger partial charge is 0.196 e. The van der Waals surface area contributed by atoms with Crippen LogP contribution in [0.5, 0.6) is 0 Å². The predicted octanol–water partition coefficient (Wildman–Crippen LogP) is 4.87. The SMILES string of the molecule is Cc1ccc(-n2c(SCc3cccn3C)nnc2-c2ccccc2)cc1. The highest BCUT2D eigenvalue weighted by atomic mass is 32.2. The number of aromatic nitrogens is 4. The van der Waals surface area contributed by atoms with Crippen LogP contribution in [0.3, 0.4) is 0 Å². The molecule has 2 heterocycles. The largest absolute Gasteiger partial charge is 0.354 e. The van der Waals surface area contributed by atoms with Crippen molar-refractivity contribution < 1.29 is 0 Å². The summed E-state index contributed by atoms with van der Waals surface area (Å²) in [4.78, 5) is 0. The van der Waals surface area contributed by atoms with E-state index in [1.54, 1.807) is 11.8 Å². The van der Waals surface area contributed by atoms with E-state index in [1.807, 2.05) is 18.2 Å². The van der Waals surface area contributed by atoms with Crippen molar-refractivity contribution in [3.63, 3.8) is 0 Å². The van der Waals surface area contributed by atoms with E-state index in [4.69, 9.17) is 0 Å². The second-order valence-electron chi connectivity index (χ2n) is 6.24. The summed E-state index contributed by atoms with van der Waals surface area (Å²) in [5.74, 6) is 1.71. The lowest BCUT2D eigenvalue weighted by molar-refractivity contribution is 0.862. The van der Waals surface area contributed by atoms with E-state index in [2.05, 4.69) is 88.0 Å². The second-order valence-corrected chi connectivity index (χ2v) is 7.18. The highest BCUT2D eigenvalue weighted by Crippen LogP contribution is 2.29. The summed E-state index contributed by atoms with van der Waals surface area (Å²) in [7, 11) is 2.07. The maximum atomic E-state index is 4.49. The molecule has 0 unspecified atom stereocenters. The van der Waals surface area contributed by atoms with Crippen molar-refractivity contribution in [3.05, 3.63) is 84.2 Å². The molecular weight excluding hydrogens is 340 g/mol. The predicted molar refractivity (Wildman–Crippen MR) is 107 cm³/mol. The Morgan fingerprint density at radius 2 is 1.65 bits per heavy atom. The first-order valence-corrected chi connectivity index (χ1v) is 9.52. The number of hydrogen-bond acceptors (Lipinski definition) is 3. The maximum Gasteiger partial charge on any atom is 0.196 e. The third-order valence-corrected chi connectivity index (χ3v) is 5.32. The van der Waals surface area contributed by atoms with Crippen LogP contribution in [0.1, 0.15) is 11.3 Å². The summed E-state index contributed by atoms with van der Waals surface area (Å²) in [5.41, 5.74) is 4.64. The fraction of sp³-hybridized carbons (Fsp3) is 0.143. The van der Waals surface area contributed by atoms with Crippen molar-refractivity contribution in [2.75, 3.05) is 0 Å². The van der Waals surface area contributed by atoms with Gasteiger partial charge < -0.3 is 4.57 Å². The van der Waals surface area contributed by atoms with Gasteiger partial charge in [-0.2, -0.15) is 0 Å². The topological polar surface area (TPSA) is 35.6 Å². The Balaban J connectivity index is 1.75. The molecule has 0 amide bonds. The second kappa shape index (κ2) is 7.22. The molecule has 0 aliphatic carbocycles. The van der Waals surface area contributed by atoms with Crippen LogP contribution < -0.4 is 0 Å². The van der Waals surface area contributed by atoms with Crippen LogP contribution in [0, 0.1) is 6.92 Å². The first kappa shape index (κ1) is 16.7. The van der Waals surface area contributed by atoms with E-state index in [-0.39, 0.29) is 0 Å². The summed E-state index contributed by atoms with van der Waals surface area (Å²) < 4.78 is 4.28. The molecule has 0 radical (unpaired) electrons. The number of hydrogen-bond donors (Lipinski definition) is 0. The molecule has 0 N–H and O–H groups in total. The molecule has 4 nitrogen and oxygen atoms in total. The van der Waals surface area contributed by atoms with Gasteiger partial charge in [-0.25, -0.2) is 0 Å². The number of aryl methyl sites for hydroxylation is 2. The van der Waals surface area contributed by atoms with E-state index >= 15 is 0 Å². The quantitative estimate of drug-likeness (QED) is 0.476. The Kier molecular flexibility index (Phi) is 4.63. The van der Waals surface area contributed by atoms with Crippen molar-refractivity contribution in [1.82, 2.24) is 19.3 Å². The Labute approximate surface area is 157 Å². The normalized spacial score (nSPS) is 11.0. The van der Waals surface area contributed by atoms with E-state index in [9.17, 15) is 0 Å². The third kappa shape index (κ3) is 3.30. The standard InChI is InChI=1S/C21H20N4S/c1-16-10-12-18(13-11-16)25-20(17-7-4-3-5-8-17)22-23-21(25)26-15-19-9-6-14-24(19)2/h3-14H,15H2,1-2H3. The summed E-state index contributed by atoms with van der Waals surface area (Å²) in [6.07, 6.45) is 2.07. The Morgan fingerprint density at radius 3 is 2.35 bits per heavy atom. The number of nitrogens with zero attached hydrogens (tertiary/aromatic N) is 4. The van der Waals surface area contributed by atoms with Crippen LogP contribution >= 0.6 is 11.8 Å². The monoisotopic (exact) mass is 360 g/mol. The average molecular weight is 360 g/mol. The van der Waals surface area contributed by atoms with Gasteiger partial charge in [0.25, 0.3) is 0 Å². The van der Waals surface area contributed by atoms with Gasteiger partial charge in [0.05, 0.1) is 0 Å². The minimum absolute atomic E-state index is 0.849. The molecule has 4 rings (SSSR count). The molecule has 2 aromatic heterocycles. The zero-order valence-corrected chi connectivity index (χ0v) is 15.6. The molecule has 4 aromatic rings. The maximum absolute atomic E-state index is 4.49. The van der Waals surface area contributed by atoms with Gasteiger partial charge in [-0.05, 0) is 31.2 Å². The van der Waals surface area contributed by atoms with Crippen LogP contribution in [0.15, 0.2) is 78.1 Å². The zero-order valence-electron chi connectivity index (χ0n) is 14.8. The third-order valence-electron chi connectivity index (χ3n) is 4.36. The molecule has 0 fully saturated rings. The minimum atomic E-state index is 0.849. The van der Waals surface area contributed by atoms with Crippen LogP contribution in [0.25, 0.3) is 17.1 Å². The Hall–Kier alpha value is -2.79. The molecule has 5 heteroatoms. The number of rotatable bonds is 5. The van der Waals surface area contributed by atoms with Gasteiger partial charge in [-0.15, -0.1) is 10.2 Å². The summed E-state index contributed by atoms with van der Waals surface area (Å²) >= 11 is 1.70. The molecule has 130 valence electrons. The van der Waals surface area contributed by atoms with E-state index < -0.39 is 0 Å². The van der Waals surface area contributed by atoms with Gasteiger partial charge in [0.15, 0.2) is 11.0 Å². The summed E-state index contributed by atoms with van der Waals surface area (Å²) in [6, 6.07) is 22.9. The molecule has 26 heavy (non-hydrogen) atoms. The highest BCUT2D eigenvalue weighted by Gasteiger charge is 2.16. The van der Waals surface area contributed by atoms with Crippen molar-refractivity contribution in [3.8, 4) is 17.1 Å². The first-order chi connectivity index (χ1) is 12.7. The van der Waals surface area contributed by atoms with Gasteiger partial charge in [-0.3, -0.25) is 4.57 Å². The van der Waals surface area contributed by atoms with E-state index in [0.717, 1.165) is 28.0 Å². The Bertz CT molecular complexity index is 1000. The van der Waals surface area contributed by atoms with E-state index in [1.165, 1.54) is 11.3 Å². The number of thioether (sulfide) groups is 1. The molecule has 0 spiro atoms. The van der Waals surface area contributed by atoms with Gasteiger partial charge in [-0.1, -0.05) is 59.8 Å². The molecular formula is C21H20N4S. The van der Waals surface area contributed by atoms with Crippen LogP contribution in [-0.4, -0.2) is 19.3 Å². The minimum Gasteiger partial charge on any atom is -0.354 e. The summed E-state index contributed by atoms with van der Waals surface area (Å²) in [6.45, 7) is 2.10. The first-order valence-electron chi connectivity index (χ1n) is 8.53. The van der Waals surface area contributed by atoms with Crippen LogP contribution in [0.2, 0.25) is 0 Å². The molecule has 0 saturated carbocycles. The van der Waals surface area contributed by atoms with Gasteiger partial charge in [0.2, 0.25) is 0 Å². The van der Waals surface area contributed by atoms with Gasteiger partial charge in [0.1, 0.15) is 0 Å². The van der Waals surface area contributed by atoms with Crippen molar-refractivity contribution >= 4 is 11.8 Å². The van der Waals surface area contributed by atoms with Crippen molar-refractivity contribution in [2.24, 2.45) is 7.05 Å². The molecule has 0 saturated heterocycles. The Morgan fingerprint density at radius 1 is 0.885 bits per heavy atom. The molecule has 0 aliphatic rings. The lowest BCUT2D eigenvalue weighted by Crippen LogP contribution is -2.00. The lowest BCUT2D eigenvalue weighted by Gasteiger charge is -2.11. The zero-order chi connectivity index (χ0) is 17.9. The fourth-order valence-electron chi connectivity index (χ4n) is 2.85. The summed E-state index contributed by atoms with van der Waals surface area (Å²) in [5, 5.41) is 9.88. The fourth-order valence-corrected chi connectivity index (χ4v) is 3.85. The number of benzene rings is 2. The van der Waals surface area contributed by atoms with Crippen LogP contribution in [0.4, 0.5) is 0 Å². The molecule has 0 bridgehead atoms. The van der Waals surface area contributed by atoms with Crippen LogP contribution in [-0.2, 0) is 12.8 Å². The molecule has 0 atom stereocenters. The molecule has 0 aliphatic heterocycles. The lowest BCUT2D eigenvalue weighted by atomic mass is 10.2. The highest BCUT2D eigenvalue weighted by molar-refractivity contribution is 7.98. The average Bonchev–Trinajstić information content (AvgIpc) is 3.27. The van der Waals surface area contributed by atoms with E-state index in [0.29, 0.717) is 0 Å². The van der Waals surface area contributed by atoms with Gasteiger partial charge >= 0.3 is 0 Å². The van der Waals surface area contributed by atoms with Gasteiger partial charge in [0, 0.05) is 35.9 Å².